The van der Waals surface area contributed by atoms with Gasteiger partial charge in [0, 0.05) is 0 Å². The molecule has 4 nitrogen and oxygen atoms in total. The zero-order valence-electron chi connectivity index (χ0n) is 13.9. The predicted molar refractivity (Wildman–Crippen MR) is 95.3 cm³/mol. The average Bonchev–Trinajstić information content (AvgIpc) is 2.67. The fourth-order valence-corrected chi connectivity index (χ4v) is 3.07. The van der Waals surface area contributed by atoms with Gasteiger partial charge in [-0.3, -0.25) is 4.79 Å². The molecule has 3 aromatic rings. The predicted octanol–water partition coefficient (Wildman–Crippen LogP) is 4.01. The Hall–Kier alpha value is -3.01. The third-order valence-electron chi connectivity index (χ3n) is 4.45. The van der Waals surface area contributed by atoms with Gasteiger partial charge in [0.2, 0.25) is 0 Å². The number of ether oxygens (including phenoxy) is 3. The van der Waals surface area contributed by atoms with Crippen LogP contribution in [0.4, 0.5) is 0 Å². The van der Waals surface area contributed by atoms with Crippen LogP contribution in [-0.4, -0.2) is 19.7 Å². The summed E-state index contributed by atoms with van der Waals surface area (Å²) < 4.78 is 16.5. The highest BCUT2D eigenvalue weighted by molar-refractivity contribution is 5.86. The Bertz CT molecular complexity index is 932. The van der Waals surface area contributed by atoms with Gasteiger partial charge in [0.25, 0.3) is 0 Å². The van der Waals surface area contributed by atoms with Crippen LogP contribution >= 0.6 is 0 Å². The minimum atomic E-state index is -0.295. The van der Waals surface area contributed by atoms with Gasteiger partial charge in [-0.05, 0) is 53.1 Å². The molecule has 0 aliphatic carbocycles. The van der Waals surface area contributed by atoms with Crippen molar-refractivity contribution in [1.29, 1.82) is 0 Å². The molecule has 0 spiro atoms. The Morgan fingerprint density at radius 3 is 2.60 bits per heavy atom. The number of carbonyl (C=O) groups excluding carboxylic acids is 1. The SMILES string of the molecule is COc1ccc2ccc(OC(=O)C3COc4ccccc4C3)cc2c1. The number of hydrogen-bond donors (Lipinski definition) is 0. The Morgan fingerprint density at radius 1 is 1.00 bits per heavy atom. The Morgan fingerprint density at radius 2 is 1.76 bits per heavy atom. The summed E-state index contributed by atoms with van der Waals surface area (Å²) in [4.78, 5) is 12.5. The number of carbonyl (C=O) groups is 1. The largest absolute Gasteiger partial charge is 0.497 e. The minimum absolute atomic E-state index is 0.267. The monoisotopic (exact) mass is 334 g/mol. The molecule has 25 heavy (non-hydrogen) atoms. The van der Waals surface area contributed by atoms with Gasteiger partial charge in [-0.1, -0.05) is 30.3 Å². The zero-order chi connectivity index (χ0) is 17.2. The second kappa shape index (κ2) is 6.48. The first kappa shape index (κ1) is 15.5. The number of hydrogen-bond acceptors (Lipinski definition) is 4. The van der Waals surface area contributed by atoms with Gasteiger partial charge in [-0.15, -0.1) is 0 Å². The van der Waals surface area contributed by atoms with E-state index < -0.39 is 0 Å². The van der Waals surface area contributed by atoms with Gasteiger partial charge in [0.15, 0.2) is 0 Å². The van der Waals surface area contributed by atoms with Crippen LogP contribution in [0.3, 0.4) is 0 Å². The number of para-hydroxylation sites is 1. The van der Waals surface area contributed by atoms with E-state index in [0.29, 0.717) is 18.8 Å². The van der Waals surface area contributed by atoms with E-state index in [-0.39, 0.29) is 11.9 Å². The summed E-state index contributed by atoms with van der Waals surface area (Å²) in [5.41, 5.74) is 1.04. The van der Waals surface area contributed by atoms with E-state index in [2.05, 4.69) is 0 Å². The highest BCUT2D eigenvalue weighted by atomic mass is 16.5. The fourth-order valence-electron chi connectivity index (χ4n) is 3.07. The summed E-state index contributed by atoms with van der Waals surface area (Å²) in [5.74, 6) is 1.59. The third kappa shape index (κ3) is 3.15. The molecular formula is C21H18O4. The van der Waals surface area contributed by atoms with Crippen LogP contribution in [0.25, 0.3) is 10.8 Å². The van der Waals surface area contributed by atoms with Crippen molar-refractivity contribution in [3.05, 3.63) is 66.2 Å². The van der Waals surface area contributed by atoms with Crippen LogP contribution in [-0.2, 0) is 11.2 Å². The molecule has 0 saturated carbocycles. The maximum Gasteiger partial charge on any atom is 0.318 e. The van der Waals surface area contributed by atoms with Crippen molar-refractivity contribution < 1.29 is 19.0 Å². The molecule has 4 heteroatoms. The molecule has 0 radical (unpaired) electrons. The number of rotatable bonds is 3. The summed E-state index contributed by atoms with van der Waals surface area (Å²) in [5, 5.41) is 2.03. The molecular weight excluding hydrogens is 316 g/mol. The molecule has 4 rings (SSSR count). The van der Waals surface area contributed by atoms with Gasteiger partial charge >= 0.3 is 5.97 Å². The summed E-state index contributed by atoms with van der Waals surface area (Å²) in [7, 11) is 1.63. The molecule has 3 aromatic carbocycles. The number of benzene rings is 3. The van der Waals surface area contributed by atoms with E-state index in [0.717, 1.165) is 27.8 Å². The van der Waals surface area contributed by atoms with Crippen molar-refractivity contribution in [2.75, 3.05) is 13.7 Å². The highest BCUT2D eigenvalue weighted by Gasteiger charge is 2.27. The van der Waals surface area contributed by atoms with Gasteiger partial charge < -0.3 is 14.2 Å². The highest BCUT2D eigenvalue weighted by Crippen LogP contribution is 2.29. The Kier molecular flexibility index (Phi) is 4.02. The molecule has 1 aliphatic rings. The van der Waals surface area contributed by atoms with Gasteiger partial charge in [-0.25, -0.2) is 0 Å². The first-order chi connectivity index (χ1) is 12.2. The van der Waals surface area contributed by atoms with E-state index in [1.54, 1.807) is 7.11 Å². The van der Waals surface area contributed by atoms with E-state index in [9.17, 15) is 4.79 Å². The number of fused-ring (bicyclic) bond motifs is 2. The van der Waals surface area contributed by atoms with Crippen molar-refractivity contribution >= 4 is 16.7 Å². The minimum Gasteiger partial charge on any atom is -0.497 e. The Balaban J connectivity index is 1.52. The van der Waals surface area contributed by atoms with Gasteiger partial charge in [0.1, 0.15) is 23.9 Å². The zero-order valence-corrected chi connectivity index (χ0v) is 13.9. The molecule has 0 fully saturated rings. The van der Waals surface area contributed by atoms with Crippen molar-refractivity contribution in [1.82, 2.24) is 0 Å². The molecule has 1 atom stereocenters. The molecule has 0 saturated heterocycles. The van der Waals surface area contributed by atoms with Crippen molar-refractivity contribution in [3.8, 4) is 17.2 Å². The molecule has 1 aliphatic heterocycles. The summed E-state index contributed by atoms with van der Waals surface area (Å²) in [6.45, 7) is 0.344. The Labute approximate surface area is 145 Å². The molecule has 0 aromatic heterocycles. The van der Waals surface area contributed by atoms with E-state index >= 15 is 0 Å². The molecule has 126 valence electrons. The standard InChI is InChI=1S/C21H18O4/c1-23-18-8-6-14-7-9-19(12-16(14)11-18)25-21(22)17-10-15-4-2-3-5-20(15)24-13-17/h2-9,11-12,17H,10,13H2,1H3. The van der Waals surface area contributed by atoms with Crippen LogP contribution in [0.5, 0.6) is 17.2 Å². The van der Waals surface area contributed by atoms with Gasteiger partial charge in [0.05, 0.1) is 13.0 Å². The second-order valence-corrected chi connectivity index (χ2v) is 6.12. The van der Waals surface area contributed by atoms with Crippen molar-refractivity contribution in [2.45, 2.75) is 6.42 Å². The molecule has 0 bridgehead atoms. The lowest BCUT2D eigenvalue weighted by Crippen LogP contribution is -2.31. The fraction of sp³-hybridized carbons (Fsp3) is 0.190. The van der Waals surface area contributed by atoms with Crippen LogP contribution in [0.2, 0.25) is 0 Å². The van der Waals surface area contributed by atoms with E-state index in [1.165, 1.54) is 0 Å². The van der Waals surface area contributed by atoms with E-state index in [4.69, 9.17) is 14.2 Å². The van der Waals surface area contributed by atoms with Crippen LogP contribution in [0.15, 0.2) is 60.7 Å². The smallest absolute Gasteiger partial charge is 0.318 e. The first-order valence-corrected chi connectivity index (χ1v) is 8.23. The first-order valence-electron chi connectivity index (χ1n) is 8.23. The van der Waals surface area contributed by atoms with Crippen molar-refractivity contribution in [3.63, 3.8) is 0 Å². The lowest BCUT2D eigenvalue weighted by atomic mass is 9.97. The lowest BCUT2D eigenvalue weighted by Gasteiger charge is -2.23. The molecule has 0 amide bonds. The van der Waals surface area contributed by atoms with Crippen LogP contribution in [0.1, 0.15) is 5.56 Å². The number of esters is 1. The second-order valence-electron chi connectivity index (χ2n) is 6.12. The summed E-state index contributed by atoms with van der Waals surface area (Å²) >= 11 is 0. The maximum atomic E-state index is 12.5. The molecule has 1 unspecified atom stereocenters. The molecule has 0 N–H and O–H groups in total. The van der Waals surface area contributed by atoms with Crippen LogP contribution in [0, 0.1) is 5.92 Å². The summed E-state index contributed by atoms with van der Waals surface area (Å²) in [6.07, 6.45) is 0.635. The summed E-state index contributed by atoms with van der Waals surface area (Å²) in [6, 6.07) is 19.2. The topological polar surface area (TPSA) is 44.8 Å². The van der Waals surface area contributed by atoms with Crippen molar-refractivity contribution in [2.24, 2.45) is 5.92 Å². The van der Waals surface area contributed by atoms with E-state index in [1.807, 2.05) is 60.7 Å². The third-order valence-corrected chi connectivity index (χ3v) is 4.45. The average molecular weight is 334 g/mol. The maximum absolute atomic E-state index is 12.5. The lowest BCUT2D eigenvalue weighted by molar-refractivity contribution is -0.140. The van der Waals surface area contributed by atoms with Gasteiger partial charge in [-0.2, -0.15) is 0 Å². The molecule has 1 heterocycles. The number of methoxy groups -OCH3 is 1. The normalized spacial score (nSPS) is 16.0. The quantitative estimate of drug-likeness (QED) is 0.536. The van der Waals surface area contributed by atoms with Crippen LogP contribution < -0.4 is 14.2 Å².